The van der Waals surface area contributed by atoms with Gasteiger partial charge in [0.15, 0.2) is 0 Å². The summed E-state index contributed by atoms with van der Waals surface area (Å²) < 4.78 is 29.0. The number of carbonyl (C=O) groups is 1. The molecule has 0 aliphatic carbocycles. The number of halogens is 2. The molecule has 4 nitrogen and oxygen atoms in total. The van der Waals surface area contributed by atoms with E-state index in [2.05, 4.69) is 10.4 Å². The maximum absolute atomic E-state index is 13.7. The summed E-state index contributed by atoms with van der Waals surface area (Å²) in [5.41, 5.74) is 0.394. The maximum atomic E-state index is 13.7. The van der Waals surface area contributed by atoms with Gasteiger partial charge in [-0.05, 0) is 40.6 Å². The molecular weight excluding hydrogens is 320 g/mol. The van der Waals surface area contributed by atoms with Gasteiger partial charge >= 0.3 is 0 Å². The zero-order valence-electron chi connectivity index (χ0n) is 11.9. The second-order valence-electron chi connectivity index (χ2n) is 4.87. The van der Waals surface area contributed by atoms with Gasteiger partial charge in [-0.3, -0.25) is 9.48 Å². The first kappa shape index (κ1) is 15.4. The lowest BCUT2D eigenvalue weighted by molar-refractivity contribution is 0.0941. The second-order valence-corrected chi connectivity index (χ2v) is 5.65. The van der Waals surface area contributed by atoms with Crippen LogP contribution in [0, 0.1) is 11.6 Å². The van der Waals surface area contributed by atoms with Gasteiger partial charge in [-0.1, -0.05) is 6.07 Å². The Morgan fingerprint density at radius 2 is 2.04 bits per heavy atom. The molecule has 0 bridgehead atoms. The second kappa shape index (κ2) is 6.70. The van der Waals surface area contributed by atoms with Gasteiger partial charge in [-0.2, -0.15) is 16.4 Å². The predicted octanol–water partition coefficient (Wildman–Crippen LogP) is 3.24. The first-order valence-corrected chi connectivity index (χ1v) is 7.84. The van der Waals surface area contributed by atoms with Crippen LogP contribution in [0.3, 0.4) is 0 Å². The Morgan fingerprint density at radius 1 is 1.26 bits per heavy atom. The van der Waals surface area contributed by atoms with Gasteiger partial charge in [-0.15, -0.1) is 0 Å². The molecule has 7 heteroatoms. The molecule has 3 aromatic rings. The van der Waals surface area contributed by atoms with Gasteiger partial charge in [0.25, 0.3) is 5.91 Å². The fourth-order valence-corrected chi connectivity index (χ4v) is 2.99. The highest BCUT2D eigenvalue weighted by molar-refractivity contribution is 7.07. The molecule has 2 heterocycles. The third-order valence-electron chi connectivity index (χ3n) is 3.42. The van der Waals surface area contributed by atoms with Crippen molar-refractivity contribution >= 4 is 17.2 Å². The highest BCUT2D eigenvalue weighted by Crippen LogP contribution is 2.20. The average Bonchev–Trinajstić information content (AvgIpc) is 3.21. The first-order valence-electron chi connectivity index (χ1n) is 6.90. The van der Waals surface area contributed by atoms with Gasteiger partial charge in [-0.25, -0.2) is 8.78 Å². The molecule has 0 radical (unpaired) electrons. The normalized spacial score (nSPS) is 12.1. The fourth-order valence-electron chi connectivity index (χ4n) is 2.29. The van der Waals surface area contributed by atoms with Crippen LogP contribution in [-0.2, 0) is 0 Å². The summed E-state index contributed by atoms with van der Waals surface area (Å²) in [5, 5.41) is 10.6. The molecule has 0 saturated carbocycles. The molecule has 0 saturated heterocycles. The fraction of sp³-hybridized carbons (Fsp3) is 0.125. The number of hydrogen-bond donors (Lipinski definition) is 1. The van der Waals surface area contributed by atoms with Crippen molar-refractivity contribution in [3.8, 4) is 0 Å². The lowest BCUT2D eigenvalue weighted by atomic mass is 10.1. The number of amides is 1. The molecular formula is C16H13F2N3OS. The van der Waals surface area contributed by atoms with Gasteiger partial charge in [0, 0.05) is 18.9 Å². The van der Waals surface area contributed by atoms with E-state index in [1.807, 2.05) is 16.8 Å². The highest BCUT2D eigenvalue weighted by Gasteiger charge is 2.20. The molecule has 1 N–H and O–H groups in total. The minimum atomic E-state index is -0.881. The average molecular weight is 333 g/mol. The molecule has 1 atom stereocenters. The molecule has 118 valence electrons. The Kier molecular flexibility index (Phi) is 4.47. The third-order valence-corrected chi connectivity index (χ3v) is 4.12. The van der Waals surface area contributed by atoms with Crippen LogP contribution in [0.2, 0.25) is 0 Å². The summed E-state index contributed by atoms with van der Waals surface area (Å²) in [4.78, 5) is 12.1. The topological polar surface area (TPSA) is 46.9 Å². The van der Waals surface area contributed by atoms with E-state index < -0.39 is 23.1 Å². The van der Waals surface area contributed by atoms with E-state index in [9.17, 15) is 13.6 Å². The zero-order valence-corrected chi connectivity index (χ0v) is 12.8. The smallest absolute Gasteiger partial charge is 0.257 e. The molecule has 1 amide bonds. The van der Waals surface area contributed by atoms with E-state index >= 15 is 0 Å². The van der Waals surface area contributed by atoms with Crippen LogP contribution in [0.15, 0.2) is 53.5 Å². The summed E-state index contributed by atoms with van der Waals surface area (Å²) in [7, 11) is 0. The van der Waals surface area contributed by atoms with Crippen molar-refractivity contribution in [1.29, 1.82) is 0 Å². The lowest BCUT2D eigenvalue weighted by Crippen LogP contribution is -2.32. The van der Waals surface area contributed by atoms with Gasteiger partial charge in [0.1, 0.15) is 17.2 Å². The molecule has 3 rings (SSSR count). The highest BCUT2D eigenvalue weighted by atomic mass is 32.1. The molecule has 0 fully saturated rings. The Labute approximate surface area is 135 Å². The number of nitrogens with one attached hydrogen (secondary N) is 1. The van der Waals surface area contributed by atoms with Crippen molar-refractivity contribution in [2.45, 2.75) is 6.04 Å². The lowest BCUT2D eigenvalue weighted by Gasteiger charge is -2.17. The maximum Gasteiger partial charge on any atom is 0.257 e. The van der Waals surface area contributed by atoms with Gasteiger partial charge in [0.2, 0.25) is 0 Å². The van der Waals surface area contributed by atoms with Crippen LogP contribution in [0.4, 0.5) is 8.78 Å². The van der Waals surface area contributed by atoms with Crippen molar-refractivity contribution in [2.75, 3.05) is 6.54 Å². The Bertz CT molecular complexity index is 733. The number of carbonyl (C=O) groups excluding carboxylic acids is 1. The number of hydrogen-bond acceptors (Lipinski definition) is 3. The van der Waals surface area contributed by atoms with Gasteiger partial charge < -0.3 is 5.32 Å². The largest absolute Gasteiger partial charge is 0.349 e. The minimum Gasteiger partial charge on any atom is -0.349 e. The standard InChI is InChI=1S/C16H13F2N3OS/c17-12-3-1-4-13(18)15(12)16(22)19-9-14(11-5-8-23-10-11)21-7-2-6-20-21/h1-8,10,14H,9H2,(H,19,22)/t14-/m1/s1. The van der Waals surface area contributed by atoms with E-state index in [-0.39, 0.29) is 12.6 Å². The van der Waals surface area contributed by atoms with E-state index in [0.717, 1.165) is 17.7 Å². The monoisotopic (exact) mass is 333 g/mol. The first-order chi connectivity index (χ1) is 11.2. The number of thiophene rings is 1. The summed E-state index contributed by atoms with van der Waals surface area (Å²) in [6.45, 7) is 0.172. The zero-order chi connectivity index (χ0) is 16.2. The van der Waals surface area contributed by atoms with Gasteiger partial charge in [0.05, 0.1) is 6.04 Å². The SMILES string of the molecule is O=C(NC[C@H](c1ccsc1)n1cccn1)c1c(F)cccc1F. The Balaban J connectivity index is 1.78. The number of rotatable bonds is 5. The quantitative estimate of drug-likeness (QED) is 0.779. The number of aromatic nitrogens is 2. The third kappa shape index (κ3) is 3.29. The van der Waals surface area contributed by atoms with E-state index in [0.29, 0.717) is 0 Å². The molecule has 0 aliphatic rings. The van der Waals surface area contributed by atoms with E-state index in [1.54, 1.807) is 23.1 Å². The summed E-state index contributed by atoms with van der Waals surface area (Å²) in [5.74, 6) is -2.55. The van der Waals surface area contributed by atoms with Crippen LogP contribution in [-0.4, -0.2) is 22.2 Å². The summed E-state index contributed by atoms with van der Waals surface area (Å²) >= 11 is 1.53. The number of nitrogens with zero attached hydrogens (tertiary/aromatic N) is 2. The molecule has 2 aromatic heterocycles. The van der Waals surface area contributed by atoms with Crippen LogP contribution in [0.1, 0.15) is 22.0 Å². The van der Waals surface area contributed by atoms with E-state index in [4.69, 9.17) is 0 Å². The van der Waals surface area contributed by atoms with Crippen molar-refractivity contribution in [1.82, 2.24) is 15.1 Å². The molecule has 0 spiro atoms. The van der Waals surface area contributed by atoms with Crippen LogP contribution < -0.4 is 5.32 Å². The van der Waals surface area contributed by atoms with Crippen molar-refractivity contribution < 1.29 is 13.6 Å². The summed E-state index contributed by atoms with van der Waals surface area (Å²) in [6, 6.07) is 6.79. The molecule has 23 heavy (non-hydrogen) atoms. The van der Waals surface area contributed by atoms with Crippen LogP contribution >= 0.6 is 11.3 Å². The van der Waals surface area contributed by atoms with Crippen LogP contribution in [0.25, 0.3) is 0 Å². The predicted molar refractivity (Wildman–Crippen MR) is 83.4 cm³/mol. The van der Waals surface area contributed by atoms with Crippen molar-refractivity contribution in [3.63, 3.8) is 0 Å². The van der Waals surface area contributed by atoms with Crippen molar-refractivity contribution in [3.05, 3.63) is 76.2 Å². The molecule has 0 aliphatic heterocycles. The van der Waals surface area contributed by atoms with Crippen LogP contribution in [0.5, 0.6) is 0 Å². The Morgan fingerprint density at radius 3 is 2.65 bits per heavy atom. The molecule has 0 unspecified atom stereocenters. The Hall–Kier alpha value is -2.54. The molecule has 1 aromatic carbocycles. The number of benzene rings is 1. The van der Waals surface area contributed by atoms with E-state index in [1.165, 1.54) is 17.4 Å². The summed E-state index contributed by atoms with van der Waals surface area (Å²) in [6.07, 6.45) is 3.41. The van der Waals surface area contributed by atoms with Crippen molar-refractivity contribution in [2.24, 2.45) is 0 Å². The minimum absolute atomic E-state index is 0.172.